The Morgan fingerprint density at radius 3 is 2.90 bits per heavy atom. The Hall–Kier alpha value is -1.88. The summed E-state index contributed by atoms with van der Waals surface area (Å²) >= 11 is 0. The van der Waals surface area contributed by atoms with Crippen LogP contribution in [-0.4, -0.2) is 18.1 Å². The molecule has 0 aromatic carbocycles. The fourth-order valence-corrected chi connectivity index (χ4v) is 1.97. The molecule has 0 unspecified atom stereocenters. The number of nitrogens with one attached hydrogen (secondary N) is 1. The lowest BCUT2D eigenvalue weighted by Gasteiger charge is -2.21. The zero-order valence-electron chi connectivity index (χ0n) is 12.1. The lowest BCUT2D eigenvalue weighted by Crippen LogP contribution is -2.25. The molecule has 2 heterocycles. The van der Waals surface area contributed by atoms with Crippen molar-refractivity contribution < 1.29 is 8.81 Å². The van der Waals surface area contributed by atoms with Crippen LogP contribution in [0.2, 0.25) is 0 Å². The SMILES string of the molecule is CC(C)NCc1cc(F)cnc1N(C)Cc1ccco1. The molecule has 0 aliphatic heterocycles. The monoisotopic (exact) mass is 277 g/mol. The molecule has 2 aromatic rings. The lowest BCUT2D eigenvalue weighted by atomic mass is 10.2. The first-order chi connectivity index (χ1) is 9.56. The van der Waals surface area contributed by atoms with E-state index in [1.807, 2.05) is 24.1 Å². The Labute approximate surface area is 118 Å². The summed E-state index contributed by atoms with van der Waals surface area (Å²) in [7, 11) is 1.92. The number of anilines is 1. The van der Waals surface area contributed by atoms with Crippen molar-refractivity contribution in [3.05, 3.63) is 47.8 Å². The quantitative estimate of drug-likeness (QED) is 0.881. The maximum absolute atomic E-state index is 13.4. The number of hydrogen-bond donors (Lipinski definition) is 1. The van der Waals surface area contributed by atoms with Crippen molar-refractivity contribution in [2.75, 3.05) is 11.9 Å². The van der Waals surface area contributed by atoms with E-state index in [0.29, 0.717) is 19.1 Å². The zero-order chi connectivity index (χ0) is 14.5. The van der Waals surface area contributed by atoms with Crippen molar-refractivity contribution in [2.24, 2.45) is 0 Å². The summed E-state index contributed by atoms with van der Waals surface area (Å²) in [6.45, 7) is 5.29. The van der Waals surface area contributed by atoms with Crippen molar-refractivity contribution in [3.63, 3.8) is 0 Å². The van der Waals surface area contributed by atoms with Crippen molar-refractivity contribution in [2.45, 2.75) is 33.0 Å². The summed E-state index contributed by atoms with van der Waals surface area (Å²) < 4.78 is 18.7. The summed E-state index contributed by atoms with van der Waals surface area (Å²) in [6, 6.07) is 5.62. The molecule has 1 N–H and O–H groups in total. The fourth-order valence-electron chi connectivity index (χ4n) is 1.97. The van der Waals surface area contributed by atoms with Gasteiger partial charge in [-0.15, -0.1) is 0 Å². The topological polar surface area (TPSA) is 41.3 Å². The van der Waals surface area contributed by atoms with Crippen LogP contribution in [0.3, 0.4) is 0 Å². The highest BCUT2D eigenvalue weighted by Gasteiger charge is 2.12. The highest BCUT2D eigenvalue weighted by atomic mass is 19.1. The van der Waals surface area contributed by atoms with Gasteiger partial charge in [-0.25, -0.2) is 9.37 Å². The standard InChI is InChI=1S/C15H20FN3O/c1-11(2)17-8-12-7-13(16)9-18-15(12)19(3)10-14-5-4-6-20-14/h4-7,9,11,17H,8,10H2,1-3H3. The third-order valence-corrected chi connectivity index (χ3v) is 2.94. The summed E-state index contributed by atoms with van der Waals surface area (Å²) in [4.78, 5) is 6.16. The smallest absolute Gasteiger partial charge is 0.141 e. The fraction of sp³-hybridized carbons (Fsp3) is 0.400. The van der Waals surface area contributed by atoms with Crippen molar-refractivity contribution in [1.82, 2.24) is 10.3 Å². The van der Waals surface area contributed by atoms with E-state index in [-0.39, 0.29) is 5.82 Å². The second kappa shape index (κ2) is 6.52. The van der Waals surface area contributed by atoms with E-state index in [0.717, 1.165) is 17.1 Å². The van der Waals surface area contributed by atoms with Crippen LogP contribution < -0.4 is 10.2 Å². The van der Waals surface area contributed by atoms with Crippen LogP contribution >= 0.6 is 0 Å². The van der Waals surface area contributed by atoms with Crippen LogP contribution in [0.1, 0.15) is 25.2 Å². The maximum atomic E-state index is 13.4. The second-order valence-electron chi connectivity index (χ2n) is 5.11. The molecule has 0 amide bonds. The number of hydrogen-bond acceptors (Lipinski definition) is 4. The van der Waals surface area contributed by atoms with Gasteiger partial charge in [0.15, 0.2) is 0 Å². The molecule has 0 saturated carbocycles. The minimum Gasteiger partial charge on any atom is -0.467 e. The van der Waals surface area contributed by atoms with Crippen LogP contribution in [0.5, 0.6) is 0 Å². The summed E-state index contributed by atoms with van der Waals surface area (Å²) in [5, 5.41) is 3.29. The van der Waals surface area contributed by atoms with E-state index in [1.165, 1.54) is 12.3 Å². The van der Waals surface area contributed by atoms with Gasteiger partial charge in [0.25, 0.3) is 0 Å². The number of pyridine rings is 1. The number of rotatable bonds is 6. The van der Waals surface area contributed by atoms with Gasteiger partial charge in [-0.3, -0.25) is 0 Å². The normalized spacial score (nSPS) is 11.1. The van der Waals surface area contributed by atoms with Gasteiger partial charge in [0, 0.05) is 25.2 Å². The van der Waals surface area contributed by atoms with Crippen LogP contribution in [-0.2, 0) is 13.1 Å². The minimum absolute atomic E-state index is 0.319. The largest absolute Gasteiger partial charge is 0.467 e. The molecule has 4 nitrogen and oxygen atoms in total. The highest BCUT2D eigenvalue weighted by molar-refractivity contribution is 5.46. The number of nitrogens with zero attached hydrogens (tertiary/aromatic N) is 2. The molecule has 2 aromatic heterocycles. The van der Waals surface area contributed by atoms with E-state index < -0.39 is 0 Å². The van der Waals surface area contributed by atoms with E-state index in [4.69, 9.17) is 4.42 Å². The lowest BCUT2D eigenvalue weighted by molar-refractivity contribution is 0.506. The molecule has 0 spiro atoms. The third kappa shape index (κ3) is 3.81. The predicted octanol–water partition coefficient (Wildman–Crippen LogP) is 2.95. The first kappa shape index (κ1) is 14.5. The minimum atomic E-state index is -0.319. The van der Waals surface area contributed by atoms with Gasteiger partial charge in [-0.05, 0) is 18.2 Å². The Morgan fingerprint density at radius 2 is 2.25 bits per heavy atom. The first-order valence-electron chi connectivity index (χ1n) is 6.67. The van der Waals surface area contributed by atoms with Crippen molar-refractivity contribution in [3.8, 4) is 0 Å². The number of aromatic nitrogens is 1. The van der Waals surface area contributed by atoms with Gasteiger partial charge in [-0.2, -0.15) is 0 Å². The van der Waals surface area contributed by atoms with Crippen LogP contribution in [0.15, 0.2) is 35.1 Å². The molecule has 0 aliphatic rings. The van der Waals surface area contributed by atoms with E-state index in [2.05, 4.69) is 24.1 Å². The molecule has 2 rings (SSSR count). The van der Waals surface area contributed by atoms with Gasteiger partial charge in [0.2, 0.25) is 0 Å². The molecule has 0 bridgehead atoms. The summed E-state index contributed by atoms with van der Waals surface area (Å²) in [6.07, 6.45) is 2.88. The maximum Gasteiger partial charge on any atom is 0.141 e. The average molecular weight is 277 g/mol. The van der Waals surface area contributed by atoms with Gasteiger partial charge in [-0.1, -0.05) is 13.8 Å². The Balaban J connectivity index is 2.16. The molecular weight excluding hydrogens is 257 g/mol. The van der Waals surface area contributed by atoms with E-state index >= 15 is 0 Å². The zero-order valence-corrected chi connectivity index (χ0v) is 12.1. The molecular formula is C15H20FN3O. The molecule has 108 valence electrons. The number of furan rings is 1. The van der Waals surface area contributed by atoms with E-state index in [9.17, 15) is 4.39 Å². The summed E-state index contributed by atoms with van der Waals surface area (Å²) in [5.74, 6) is 1.29. The second-order valence-corrected chi connectivity index (χ2v) is 5.11. The van der Waals surface area contributed by atoms with E-state index in [1.54, 1.807) is 6.26 Å². The molecule has 5 heteroatoms. The molecule has 0 radical (unpaired) electrons. The van der Waals surface area contributed by atoms with Crippen LogP contribution in [0.4, 0.5) is 10.2 Å². The predicted molar refractivity (Wildman–Crippen MR) is 77.0 cm³/mol. The summed E-state index contributed by atoms with van der Waals surface area (Å²) in [5.41, 5.74) is 0.841. The Kier molecular flexibility index (Phi) is 4.74. The molecule has 0 aliphatic carbocycles. The van der Waals surface area contributed by atoms with Crippen molar-refractivity contribution >= 4 is 5.82 Å². The molecule has 0 fully saturated rings. The first-order valence-corrected chi connectivity index (χ1v) is 6.67. The molecule has 0 atom stereocenters. The highest BCUT2D eigenvalue weighted by Crippen LogP contribution is 2.19. The van der Waals surface area contributed by atoms with Crippen LogP contribution in [0, 0.1) is 5.82 Å². The van der Waals surface area contributed by atoms with Crippen molar-refractivity contribution in [1.29, 1.82) is 0 Å². The van der Waals surface area contributed by atoms with Gasteiger partial charge < -0.3 is 14.6 Å². The molecule has 0 saturated heterocycles. The average Bonchev–Trinajstić information content (AvgIpc) is 2.89. The Morgan fingerprint density at radius 1 is 1.45 bits per heavy atom. The third-order valence-electron chi connectivity index (χ3n) is 2.94. The van der Waals surface area contributed by atoms with Crippen LogP contribution in [0.25, 0.3) is 0 Å². The van der Waals surface area contributed by atoms with Gasteiger partial charge >= 0.3 is 0 Å². The molecule has 20 heavy (non-hydrogen) atoms. The van der Waals surface area contributed by atoms with Gasteiger partial charge in [0.05, 0.1) is 19.0 Å². The Bertz CT molecular complexity index is 540. The number of halogens is 1. The van der Waals surface area contributed by atoms with Gasteiger partial charge in [0.1, 0.15) is 17.4 Å².